The molecule has 1 aromatic carbocycles. The highest BCUT2D eigenvalue weighted by Crippen LogP contribution is 2.22. The summed E-state index contributed by atoms with van der Waals surface area (Å²) < 4.78 is 26.0. The second-order valence-corrected chi connectivity index (χ2v) is 5.87. The van der Waals surface area contributed by atoms with Crippen LogP contribution in [-0.4, -0.2) is 37.2 Å². The standard InChI is InChI=1S/C11H11ClN2O5S/c12-8-5-7(6-13)1-2-10(8)20(18,19)14-9(3-4-15)11(16)17/h1-2,5,9,14-15H,3-4H2,(H,16,17)/t9-/m0/s1. The van der Waals surface area contributed by atoms with Crippen molar-refractivity contribution in [2.45, 2.75) is 17.4 Å². The van der Waals surface area contributed by atoms with Gasteiger partial charge in [0.15, 0.2) is 0 Å². The van der Waals surface area contributed by atoms with Gasteiger partial charge in [0.1, 0.15) is 10.9 Å². The molecular formula is C11H11ClN2O5S. The molecule has 0 radical (unpaired) electrons. The van der Waals surface area contributed by atoms with Crippen molar-refractivity contribution in [3.63, 3.8) is 0 Å². The highest BCUT2D eigenvalue weighted by atomic mass is 35.5. The number of nitriles is 1. The van der Waals surface area contributed by atoms with Crippen LogP contribution < -0.4 is 4.72 Å². The second-order valence-electron chi connectivity index (χ2n) is 3.78. The number of hydrogen-bond acceptors (Lipinski definition) is 5. The van der Waals surface area contributed by atoms with Crippen LogP contribution in [0.25, 0.3) is 0 Å². The Hall–Kier alpha value is -1.66. The Morgan fingerprint density at radius 2 is 2.15 bits per heavy atom. The molecule has 0 amide bonds. The van der Waals surface area contributed by atoms with Gasteiger partial charge in [0.2, 0.25) is 10.0 Å². The van der Waals surface area contributed by atoms with E-state index in [0.29, 0.717) is 0 Å². The number of sulfonamides is 1. The van der Waals surface area contributed by atoms with Crippen LogP contribution in [0.2, 0.25) is 5.02 Å². The predicted octanol–water partition coefficient (Wildman–Crippen LogP) is 0.326. The summed E-state index contributed by atoms with van der Waals surface area (Å²) >= 11 is 5.77. The van der Waals surface area contributed by atoms with Gasteiger partial charge in [0, 0.05) is 6.61 Å². The molecule has 0 aromatic heterocycles. The number of aliphatic hydroxyl groups excluding tert-OH is 1. The molecule has 1 atom stereocenters. The van der Waals surface area contributed by atoms with Gasteiger partial charge in [-0.1, -0.05) is 11.6 Å². The van der Waals surface area contributed by atoms with Crippen LogP contribution in [0.15, 0.2) is 23.1 Å². The van der Waals surface area contributed by atoms with Crippen molar-refractivity contribution in [3.8, 4) is 6.07 Å². The summed E-state index contributed by atoms with van der Waals surface area (Å²) in [6, 6.07) is 3.87. The van der Waals surface area contributed by atoms with Crippen molar-refractivity contribution in [2.24, 2.45) is 0 Å². The fraction of sp³-hybridized carbons (Fsp3) is 0.273. The maximum absolute atomic E-state index is 12.0. The molecule has 9 heteroatoms. The molecule has 7 nitrogen and oxygen atoms in total. The number of rotatable bonds is 6. The van der Waals surface area contributed by atoms with Crippen molar-refractivity contribution in [1.29, 1.82) is 5.26 Å². The molecule has 0 spiro atoms. The van der Waals surface area contributed by atoms with Crippen molar-refractivity contribution in [3.05, 3.63) is 28.8 Å². The summed E-state index contributed by atoms with van der Waals surface area (Å²) in [6.45, 7) is -0.486. The molecular weight excluding hydrogens is 308 g/mol. The zero-order chi connectivity index (χ0) is 15.3. The number of nitrogens with zero attached hydrogens (tertiary/aromatic N) is 1. The van der Waals surface area contributed by atoms with E-state index in [-0.39, 0.29) is 21.9 Å². The van der Waals surface area contributed by atoms with Crippen LogP contribution in [0.5, 0.6) is 0 Å². The van der Waals surface area contributed by atoms with Crippen LogP contribution in [0.4, 0.5) is 0 Å². The third kappa shape index (κ3) is 3.91. The molecule has 3 N–H and O–H groups in total. The molecule has 0 unspecified atom stereocenters. The summed E-state index contributed by atoms with van der Waals surface area (Å²) in [6.07, 6.45) is -0.275. The molecule has 0 fully saturated rings. The van der Waals surface area contributed by atoms with E-state index >= 15 is 0 Å². The van der Waals surface area contributed by atoms with E-state index in [2.05, 4.69) is 0 Å². The fourth-order valence-electron chi connectivity index (χ4n) is 1.40. The lowest BCUT2D eigenvalue weighted by atomic mass is 10.2. The van der Waals surface area contributed by atoms with Gasteiger partial charge in [-0.3, -0.25) is 4.79 Å². The topological polar surface area (TPSA) is 127 Å². The second kappa shape index (κ2) is 6.67. The maximum Gasteiger partial charge on any atom is 0.321 e. The summed E-state index contributed by atoms with van der Waals surface area (Å²) in [4.78, 5) is 10.5. The molecule has 0 bridgehead atoms. The van der Waals surface area contributed by atoms with Gasteiger partial charge < -0.3 is 10.2 Å². The first-order valence-electron chi connectivity index (χ1n) is 5.37. The van der Waals surface area contributed by atoms with Crippen LogP contribution in [-0.2, 0) is 14.8 Å². The number of carbonyl (C=O) groups is 1. The first-order chi connectivity index (χ1) is 9.31. The number of carboxylic acids is 1. The third-order valence-corrected chi connectivity index (χ3v) is 4.32. The normalized spacial score (nSPS) is 12.7. The summed E-state index contributed by atoms with van der Waals surface area (Å²) in [5, 5.41) is 26.0. The average Bonchev–Trinajstić information content (AvgIpc) is 2.37. The third-order valence-electron chi connectivity index (χ3n) is 2.36. The number of nitrogens with one attached hydrogen (secondary N) is 1. The van der Waals surface area contributed by atoms with Crippen LogP contribution in [0, 0.1) is 11.3 Å². The molecule has 0 saturated heterocycles. The zero-order valence-electron chi connectivity index (χ0n) is 10.1. The van der Waals surface area contributed by atoms with Gasteiger partial charge in [0.05, 0.1) is 16.7 Å². The van der Waals surface area contributed by atoms with E-state index in [1.54, 1.807) is 6.07 Å². The SMILES string of the molecule is N#Cc1ccc(S(=O)(=O)N[C@@H](CCO)C(=O)O)c(Cl)c1. The number of benzene rings is 1. The van der Waals surface area contributed by atoms with E-state index < -0.39 is 28.6 Å². The molecule has 108 valence electrons. The van der Waals surface area contributed by atoms with Gasteiger partial charge in [-0.05, 0) is 24.6 Å². The Morgan fingerprint density at radius 3 is 2.60 bits per heavy atom. The van der Waals surface area contributed by atoms with Crippen molar-refractivity contribution >= 4 is 27.6 Å². The van der Waals surface area contributed by atoms with Crippen molar-refractivity contribution in [2.75, 3.05) is 6.61 Å². The number of aliphatic carboxylic acids is 1. The summed E-state index contributed by atoms with van der Waals surface area (Å²) in [7, 11) is -4.17. The lowest BCUT2D eigenvalue weighted by Crippen LogP contribution is -2.41. The summed E-state index contributed by atoms with van der Waals surface area (Å²) in [5.41, 5.74) is 0.180. The van der Waals surface area contributed by atoms with Crippen LogP contribution >= 0.6 is 11.6 Å². The van der Waals surface area contributed by atoms with Crippen molar-refractivity contribution in [1.82, 2.24) is 4.72 Å². The van der Waals surface area contributed by atoms with E-state index in [1.807, 2.05) is 4.72 Å². The number of carboxylic acid groups (broad SMARTS) is 1. The molecule has 0 aliphatic carbocycles. The van der Waals surface area contributed by atoms with E-state index in [9.17, 15) is 13.2 Å². The van der Waals surface area contributed by atoms with Gasteiger partial charge in [-0.15, -0.1) is 0 Å². The molecule has 1 aromatic rings. The predicted molar refractivity (Wildman–Crippen MR) is 69.6 cm³/mol. The highest BCUT2D eigenvalue weighted by Gasteiger charge is 2.26. The largest absolute Gasteiger partial charge is 0.480 e. The monoisotopic (exact) mass is 318 g/mol. The van der Waals surface area contributed by atoms with E-state index in [0.717, 1.165) is 12.1 Å². The molecule has 0 aliphatic rings. The van der Waals surface area contributed by atoms with Gasteiger partial charge >= 0.3 is 5.97 Å². The van der Waals surface area contributed by atoms with Gasteiger partial charge in [-0.25, -0.2) is 8.42 Å². The van der Waals surface area contributed by atoms with Crippen LogP contribution in [0.3, 0.4) is 0 Å². The smallest absolute Gasteiger partial charge is 0.321 e. The van der Waals surface area contributed by atoms with Gasteiger partial charge in [-0.2, -0.15) is 9.98 Å². The quantitative estimate of drug-likeness (QED) is 0.693. The first-order valence-corrected chi connectivity index (χ1v) is 7.23. The Bertz CT molecular complexity index is 653. The summed E-state index contributed by atoms with van der Waals surface area (Å²) in [5.74, 6) is -1.41. The first kappa shape index (κ1) is 16.4. The molecule has 0 heterocycles. The molecule has 1 rings (SSSR count). The number of halogens is 1. The maximum atomic E-state index is 12.0. The lowest BCUT2D eigenvalue weighted by molar-refractivity contribution is -0.139. The highest BCUT2D eigenvalue weighted by molar-refractivity contribution is 7.89. The molecule has 0 saturated carbocycles. The minimum absolute atomic E-state index is 0.180. The number of aliphatic hydroxyl groups is 1. The Labute approximate surface area is 120 Å². The average molecular weight is 319 g/mol. The zero-order valence-corrected chi connectivity index (χ0v) is 11.6. The van der Waals surface area contributed by atoms with Crippen LogP contribution in [0.1, 0.15) is 12.0 Å². The van der Waals surface area contributed by atoms with Crippen molar-refractivity contribution < 1.29 is 23.4 Å². The molecule has 20 heavy (non-hydrogen) atoms. The lowest BCUT2D eigenvalue weighted by Gasteiger charge is -2.14. The minimum Gasteiger partial charge on any atom is -0.480 e. The Balaban J connectivity index is 3.11. The van der Waals surface area contributed by atoms with E-state index in [1.165, 1.54) is 6.07 Å². The Morgan fingerprint density at radius 1 is 1.50 bits per heavy atom. The Kier molecular flexibility index (Phi) is 5.47. The minimum atomic E-state index is -4.17. The fourth-order valence-corrected chi connectivity index (χ4v) is 3.17. The molecule has 0 aliphatic heterocycles. The van der Waals surface area contributed by atoms with E-state index in [4.69, 9.17) is 27.1 Å². The number of hydrogen-bond donors (Lipinski definition) is 3. The van der Waals surface area contributed by atoms with Gasteiger partial charge in [0.25, 0.3) is 0 Å².